The van der Waals surface area contributed by atoms with Crippen LogP contribution in [0.25, 0.3) is 11.3 Å². The van der Waals surface area contributed by atoms with Crippen molar-refractivity contribution in [2.24, 2.45) is 0 Å². The Bertz CT molecular complexity index is 880. The van der Waals surface area contributed by atoms with Gasteiger partial charge in [-0.3, -0.25) is 4.79 Å². The zero-order chi connectivity index (χ0) is 19.1. The number of benzene rings is 2. The van der Waals surface area contributed by atoms with E-state index < -0.39 is 0 Å². The van der Waals surface area contributed by atoms with Gasteiger partial charge in [0, 0.05) is 17.3 Å². The van der Waals surface area contributed by atoms with Gasteiger partial charge in [-0.15, -0.1) is 10.2 Å². The van der Waals surface area contributed by atoms with E-state index in [2.05, 4.69) is 15.5 Å². The minimum atomic E-state index is -0.180. The Hall–Kier alpha value is -3.21. The largest absolute Gasteiger partial charge is 0.477 e. The Labute approximate surface area is 159 Å². The fourth-order valence-electron chi connectivity index (χ4n) is 2.94. The molecule has 5 heteroatoms. The van der Waals surface area contributed by atoms with Crippen molar-refractivity contribution in [3.63, 3.8) is 0 Å². The number of aromatic nitrogens is 2. The number of nitrogens with zero attached hydrogens (tertiary/aromatic N) is 2. The second-order valence-electron chi connectivity index (χ2n) is 6.13. The molecule has 0 bridgehead atoms. The fourth-order valence-corrected chi connectivity index (χ4v) is 2.94. The number of nitrogens with one attached hydrogen (secondary N) is 1. The summed E-state index contributed by atoms with van der Waals surface area (Å²) in [5.74, 6) is 0.304. The molecule has 0 saturated carbocycles. The summed E-state index contributed by atoms with van der Waals surface area (Å²) >= 11 is 0. The van der Waals surface area contributed by atoms with E-state index >= 15 is 0 Å². The minimum absolute atomic E-state index is 0.0152. The number of hydrogen-bond acceptors (Lipinski definition) is 4. The summed E-state index contributed by atoms with van der Waals surface area (Å²) in [7, 11) is 0. The number of amides is 1. The molecule has 2 aromatic carbocycles. The molecule has 27 heavy (non-hydrogen) atoms. The summed E-state index contributed by atoms with van der Waals surface area (Å²) < 4.78 is 5.32. The quantitative estimate of drug-likeness (QED) is 0.664. The zero-order valence-corrected chi connectivity index (χ0v) is 15.6. The van der Waals surface area contributed by atoms with E-state index in [-0.39, 0.29) is 11.8 Å². The predicted octanol–water partition coefficient (Wildman–Crippen LogP) is 4.67. The third kappa shape index (κ3) is 4.70. The van der Waals surface area contributed by atoms with Crippen molar-refractivity contribution in [3.8, 4) is 17.1 Å². The number of ether oxygens (including phenoxy) is 1. The van der Waals surface area contributed by atoms with Gasteiger partial charge < -0.3 is 10.1 Å². The molecular formula is C22H23N3O2. The molecule has 1 amide bonds. The maximum atomic E-state index is 12.8. The minimum Gasteiger partial charge on any atom is -0.477 e. The van der Waals surface area contributed by atoms with Crippen molar-refractivity contribution in [2.75, 3.05) is 11.9 Å². The molecule has 1 aromatic heterocycles. The zero-order valence-electron chi connectivity index (χ0n) is 15.6. The highest BCUT2D eigenvalue weighted by Gasteiger charge is 2.18. The smallest absolute Gasteiger partial charge is 0.233 e. The van der Waals surface area contributed by atoms with E-state index in [0.29, 0.717) is 12.5 Å². The third-order valence-corrected chi connectivity index (χ3v) is 4.28. The summed E-state index contributed by atoms with van der Waals surface area (Å²) in [5.41, 5.74) is 3.37. The Morgan fingerprint density at radius 1 is 1.00 bits per heavy atom. The summed E-state index contributed by atoms with van der Waals surface area (Å²) in [6.07, 6.45) is 0.736. The molecule has 0 saturated heterocycles. The number of hydrogen-bond donors (Lipinski definition) is 1. The normalized spacial score (nSPS) is 11.6. The van der Waals surface area contributed by atoms with Crippen LogP contribution in [-0.4, -0.2) is 22.7 Å². The lowest BCUT2D eigenvalue weighted by Crippen LogP contribution is -2.20. The van der Waals surface area contributed by atoms with Crippen LogP contribution in [0.4, 0.5) is 5.69 Å². The second-order valence-corrected chi connectivity index (χ2v) is 6.13. The van der Waals surface area contributed by atoms with Gasteiger partial charge in [-0.25, -0.2) is 0 Å². The second kappa shape index (κ2) is 8.94. The summed E-state index contributed by atoms with van der Waals surface area (Å²) in [4.78, 5) is 12.8. The number of anilines is 1. The lowest BCUT2D eigenvalue weighted by atomic mass is 9.95. The molecule has 1 atom stereocenters. The van der Waals surface area contributed by atoms with Crippen LogP contribution in [-0.2, 0) is 4.79 Å². The summed E-state index contributed by atoms with van der Waals surface area (Å²) in [6.45, 7) is 4.47. The molecule has 1 N–H and O–H groups in total. The van der Waals surface area contributed by atoms with Crippen LogP contribution in [0.3, 0.4) is 0 Å². The van der Waals surface area contributed by atoms with Gasteiger partial charge in [0.25, 0.3) is 0 Å². The van der Waals surface area contributed by atoms with E-state index in [4.69, 9.17) is 4.74 Å². The first-order valence-electron chi connectivity index (χ1n) is 9.14. The number of carbonyl (C=O) groups is 1. The van der Waals surface area contributed by atoms with Gasteiger partial charge in [0.2, 0.25) is 11.8 Å². The van der Waals surface area contributed by atoms with Crippen molar-refractivity contribution in [1.29, 1.82) is 0 Å². The first kappa shape index (κ1) is 18.6. The highest BCUT2D eigenvalue weighted by Crippen LogP contribution is 2.24. The van der Waals surface area contributed by atoms with Crippen LogP contribution in [0.5, 0.6) is 5.88 Å². The summed E-state index contributed by atoms with van der Waals surface area (Å²) in [5, 5.41) is 11.3. The van der Waals surface area contributed by atoms with Gasteiger partial charge in [0.15, 0.2) is 0 Å². The Morgan fingerprint density at radius 3 is 2.48 bits per heavy atom. The third-order valence-electron chi connectivity index (χ3n) is 4.28. The van der Waals surface area contributed by atoms with Gasteiger partial charge in [-0.1, -0.05) is 49.4 Å². The molecule has 0 unspecified atom stereocenters. The number of carbonyl (C=O) groups excluding carboxylic acids is 1. The van der Waals surface area contributed by atoms with Gasteiger partial charge >= 0.3 is 0 Å². The Morgan fingerprint density at radius 2 is 1.81 bits per heavy atom. The van der Waals surface area contributed by atoms with Gasteiger partial charge in [-0.05, 0) is 37.1 Å². The molecular weight excluding hydrogens is 338 g/mol. The van der Waals surface area contributed by atoms with Crippen LogP contribution < -0.4 is 10.1 Å². The molecule has 0 aliphatic rings. The highest BCUT2D eigenvalue weighted by atomic mass is 16.5. The lowest BCUT2D eigenvalue weighted by Gasteiger charge is -2.16. The van der Waals surface area contributed by atoms with Crippen LogP contribution in [0.1, 0.15) is 31.7 Å². The van der Waals surface area contributed by atoms with Crippen molar-refractivity contribution < 1.29 is 9.53 Å². The van der Waals surface area contributed by atoms with E-state index in [1.807, 2.05) is 74.5 Å². The van der Waals surface area contributed by atoms with Gasteiger partial charge in [-0.2, -0.15) is 0 Å². The lowest BCUT2D eigenvalue weighted by molar-refractivity contribution is -0.117. The monoisotopic (exact) mass is 361 g/mol. The first-order valence-corrected chi connectivity index (χ1v) is 9.14. The van der Waals surface area contributed by atoms with Crippen LogP contribution in [0, 0.1) is 0 Å². The molecule has 0 aliphatic carbocycles. The standard InChI is InChI=1S/C22H23N3O2/c1-3-19(16-9-6-5-7-10-16)22(26)23-18-12-8-11-17(15-18)20-13-14-21(25-24-20)27-4-2/h5-15,19H,3-4H2,1-2H3,(H,23,26)/t19-/m0/s1. The molecule has 0 fully saturated rings. The maximum absolute atomic E-state index is 12.8. The van der Waals surface area contributed by atoms with E-state index in [0.717, 1.165) is 28.9 Å². The Balaban J connectivity index is 1.76. The molecule has 1 heterocycles. The van der Waals surface area contributed by atoms with Crippen LogP contribution in [0.2, 0.25) is 0 Å². The fraction of sp³-hybridized carbons (Fsp3) is 0.227. The topological polar surface area (TPSA) is 64.1 Å². The van der Waals surface area contributed by atoms with Crippen molar-refractivity contribution in [2.45, 2.75) is 26.2 Å². The van der Waals surface area contributed by atoms with Gasteiger partial charge in [0.1, 0.15) is 0 Å². The van der Waals surface area contributed by atoms with E-state index in [9.17, 15) is 4.79 Å². The van der Waals surface area contributed by atoms with Crippen molar-refractivity contribution in [1.82, 2.24) is 10.2 Å². The molecule has 3 rings (SSSR count). The molecule has 138 valence electrons. The average molecular weight is 361 g/mol. The van der Waals surface area contributed by atoms with Crippen LogP contribution >= 0.6 is 0 Å². The summed E-state index contributed by atoms with van der Waals surface area (Å²) in [6, 6.07) is 21.1. The van der Waals surface area contributed by atoms with E-state index in [1.54, 1.807) is 6.07 Å². The first-order chi connectivity index (χ1) is 13.2. The highest BCUT2D eigenvalue weighted by molar-refractivity contribution is 5.96. The molecule has 0 radical (unpaired) electrons. The molecule has 5 nitrogen and oxygen atoms in total. The average Bonchev–Trinajstić information content (AvgIpc) is 2.70. The number of rotatable bonds is 7. The maximum Gasteiger partial charge on any atom is 0.233 e. The molecule has 0 spiro atoms. The van der Waals surface area contributed by atoms with Crippen LogP contribution in [0.15, 0.2) is 66.7 Å². The van der Waals surface area contributed by atoms with Crippen molar-refractivity contribution >= 4 is 11.6 Å². The Kier molecular flexibility index (Phi) is 6.15. The molecule has 0 aliphatic heterocycles. The SMILES string of the molecule is CCOc1ccc(-c2cccc(NC(=O)[C@@H](CC)c3ccccc3)c2)nn1. The van der Waals surface area contributed by atoms with Gasteiger partial charge in [0.05, 0.1) is 18.2 Å². The molecule has 3 aromatic rings. The van der Waals surface area contributed by atoms with E-state index in [1.165, 1.54) is 0 Å². The van der Waals surface area contributed by atoms with Crippen molar-refractivity contribution in [3.05, 3.63) is 72.3 Å². The predicted molar refractivity (Wildman–Crippen MR) is 107 cm³/mol.